The lowest BCUT2D eigenvalue weighted by Gasteiger charge is -2.29. The second kappa shape index (κ2) is 21.6. The number of nitrogens with zero attached hydrogens (tertiary/aromatic N) is 4. The van der Waals surface area contributed by atoms with Gasteiger partial charge < -0.3 is 26.2 Å². The molecule has 2 saturated heterocycles. The van der Waals surface area contributed by atoms with E-state index in [0.29, 0.717) is 12.1 Å². The maximum atomic E-state index is 10.9. The maximum absolute atomic E-state index is 10.9. The molecule has 2 fully saturated rings. The number of aryl methyl sites for hydroxylation is 1. The average Bonchev–Trinajstić information content (AvgIpc) is 2.96. The molecule has 2 aliphatic rings. The van der Waals surface area contributed by atoms with Crippen LogP contribution >= 0.6 is 0 Å². The quantitative estimate of drug-likeness (QED) is 0.245. The highest BCUT2D eigenvalue weighted by Crippen LogP contribution is 2.11. The molecule has 3 heterocycles. The Morgan fingerprint density at radius 2 is 1.50 bits per heavy atom. The average molecular weight is 532 g/mol. The van der Waals surface area contributed by atoms with Crippen molar-refractivity contribution in [3.05, 3.63) is 42.7 Å². The highest BCUT2D eigenvalue weighted by Gasteiger charge is 2.12. The molecule has 2 amide bonds. The summed E-state index contributed by atoms with van der Waals surface area (Å²) in [4.78, 5) is 28.7. The fourth-order valence-electron chi connectivity index (χ4n) is 4.79. The largest absolute Gasteiger partial charge is 0.365 e. The lowest BCUT2D eigenvalue weighted by Crippen LogP contribution is -2.35. The molecular formula is C30H55N6O2+. The molecule has 8 nitrogen and oxygen atoms in total. The predicted molar refractivity (Wildman–Crippen MR) is 157 cm³/mol. The first kappa shape index (κ1) is 33.7. The van der Waals surface area contributed by atoms with Crippen molar-refractivity contribution < 1.29 is 14.2 Å². The van der Waals surface area contributed by atoms with Gasteiger partial charge in [0.2, 0.25) is 5.91 Å². The minimum Gasteiger partial charge on any atom is -0.365 e. The number of likely N-dealkylation sites (tertiary alicyclic amines) is 2. The molecule has 0 saturated carbocycles. The van der Waals surface area contributed by atoms with Crippen LogP contribution in [0.3, 0.4) is 0 Å². The van der Waals surface area contributed by atoms with Gasteiger partial charge in [-0.05, 0) is 110 Å². The molecule has 2 aliphatic heterocycles. The van der Waals surface area contributed by atoms with E-state index in [9.17, 15) is 9.59 Å². The SMILES string of the molecule is C1CCN(CCCN2CCCCC2)CC1.C=CC(=O)N(CC)CC.NCCCC[n+]1cccc(C(N)=O)c1. The Balaban J connectivity index is 0.000000295. The van der Waals surface area contributed by atoms with E-state index in [-0.39, 0.29) is 5.91 Å². The van der Waals surface area contributed by atoms with Crippen molar-refractivity contribution in [1.29, 1.82) is 0 Å². The van der Waals surface area contributed by atoms with Gasteiger partial charge in [-0.15, -0.1) is 0 Å². The third kappa shape index (κ3) is 15.2. The zero-order chi connectivity index (χ0) is 28.0. The van der Waals surface area contributed by atoms with E-state index in [2.05, 4.69) is 16.4 Å². The van der Waals surface area contributed by atoms with Crippen LogP contribution in [-0.2, 0) is 11.3 Å². The molecule has 1 aromatic rings. The third-order valence-corrected chi connectivity index (χ3v) is 7.11. The van der Waals surface area contributed by atoms with Gasteiger partial charge >= 0.3 is 0 Å². The topological polar surface area (TPSA) is 99.8 Å². The molecule has 0 atom stereocenters. The van der Waals surface area contributed by atoms with Gasteiger partial charge in [0.05, 0.1) is 0 Å². The van der Waals surface area contributed by atoms with Crippen molar-refractivity contribution in [3.8, 4) is 0 Å². The third-order valence-electron chi connectivity index (χ3n) is 7.11. The first-order valence-corrected chi connectivity index (χ1v) is 14.8. The van der Waals surface area contributed by atoms with E-state index >= 15 is 0 Å². The molecule has 216 valence electrons. The summed E-state index contributed by atoms with van der Waals surface area (Å²) in [6.07, 6.45) is 17.1. The zero-order valence-corrected chi connectivity index (χ0v) is 24.3. The zero-order valence-electron chi connectivity index (χ0n) is 24.3. The van der Waals surface area contributed by atoms with Crippen molar-refractivity contribution in [1.82, 2.24) is 14.7 Å². The second-order valence-electron chi connectivity index (χ2n) is 10.1. The fourth-order valence-corrected chi connectivity index (χ4v) is 4.79. The Hall–Kier alpha value is -2.29. The molecule has 0 aliphatic carbocycles. The highest BCUT2D eigenvalue weighted by atomic mass is 16.2. The lowest BCUT2D eigenvalue weighted by molar-refractivity contribution is -0.697. The number of hydrogen-bond donors (Lipinski definition) is 2. The molecule has 38 heavy (non-hydrogen) atoms. The normalized spacial score (nSPS) is 15.9. The van der Waals surface area contributed by atoms with Crippen LogP contribution in [0.5, 0.6) is 0 Å². The molecule has 0 aromatic carbocycles. The maximum Gasteiger partial charge on any atom is 0.254 e. The monoisotopic (exact) mass is 531 g/mol. The van der Waals surface area contributed by atoms with E-state index in [1.54, 1.807) is 17.2 Å². The van der Waals surface area contributed by atoms with Gasteiger partial charge in [-0.3, -0.25) is 9.59 Å². The lowest BCUT2D eigenvalue weighted by atomic mass is 10.1. The van der Waals surface area contributed by atoms with Gasteiger partial charge in [0.25, 0.3) is 5.91 Å². The number of carbonyl (C=O) groups is 2. The van der Waals surface area contributed by atoms with Crippen molar-refractivity contribution >= 4 is 11.8 Å². The van der Waals surface area contributed by atoms with E-state index < -0.39 is 5.91 Å². The van der Waals surface area contributed by atoms with Crippen LogP contribution < -0.4 is 16.0 Å². The number of primary amides is 1. The summed E-state index contributed by atoms with van der Waals surface area (Å²) in [6, 6.07) is 3.53. The molecule has 0 spiro atoms. The van der Waals surface area contributed by atoms with E-state index in [4.69, 9.17) is 11.5 Å². The number of aromatic nitrogens is 1. The summed E-state index contributed by atoms with van der Waals surface area (Å²) in [7, 11) is 0. The highest BCUT2D eigenvalue weighted by molar-refractivity contribution is 5.92. The number of rotatable bonds is 12. The van der Waals surface area contributed by atoms with Crippen molar-refractivity contribution in [2.24, 2.45) is 11.5 Å². The van der Waals surface area contributed by atoms with Gasteiger partial charge in [0, 0.05) is 25.6 Å². The Bertz CT molecular complexity index is 754. The van der Waals surface area contributed by atoms with Gasteiger partial charge in [0.1, 0.15) is 12.1 Å². The van der Waals surface area contributed by atoms with Gasteiger partial charge in [0.15, 0.2) is 12.4 Å². The minimum absolute atomic E-state index is 0.0139. The number of carbonyl (C=O) groups excluding carboxylic acids is 2. The molecule has 0 bridgehead atoms. The molecule has 0 radical (unpaired) electrons. The summed E-state index contributed by atoms with van der Waals surface area (Å²) < 4.78 is 1.95. The molecule has 4 N–H and O–H groups in total. The Kier molecular flexibility index (Phi) is 19.2. The van der Waals surface area contributed by atoms with Crippen LogP contribution in [0.15, 0.2) is 37.2 Å². The summed E-state index contributed by atoms with van der Waals surface area (Å²) in [5.74, 6) is -0.377. The van der Waals surface area contributed by atoms with Crippen molar-refractivity contribution in [2.75, 3.05) is 58.9 Å². The van der Waals surface area contributed by atoms with Crippen LogP contribution in [-0.4, -0.2) is 85.4 Å². The molecule has 1 aromatic heterocycles. The standard InChI is InChI=1S/C13H26N2.C10H15N3O.C7H13NO/c1-3-8-14(9-4-1)12-7-13-15-10-5-2-6-11-15;11-5-1-2-6-13-7-3-4-9(8-13)10(12)14;1-4-7(9)8(5-2)6-3/h1-13H2;3-4,7-8H,1-2,5-6,11H2,(H-,12,14);4H,1,5-6H2,2-3H3/p+1. The van der Waals surface area contributed by atoms with Gasteiger partial charge in [-0.1, -0.05) is 19.4 Å². The van der Waals surface area contributed by atoms with Crippen molar-refractivity contribution in [2.45, 2.75) is 78.2 Å². The van der Waals surface area contributed by atoms with E-state index in [1.165, 1.54) is 90.3 Å². The van der Waals surface area contributed by atoms with Crippen LogP contribution in [0.1, 0.15) is 82.0 Å². The van der Waals surface area contributed by atoms with E-state index in [0.717, 1.165) is 32.5 Å². The molecule has 3 rings (SSSR count). The van der Waals surface area contributed by atoms with Crippen LogP contribution in [0, 0.1) is 0 Å². The van der Waals surface area contributed by atoms with Crippen LogP contribution in [0.4, 0.5) is 0 Å². The fraction of sp³-hybridized carbons (Fsp3) is 0.700. The summed E-state index contributed by atoms with van der Waals surface area (Å²) in [5.41, 5.74) is 11.1. The number of pyridine rings is 1. The minimum atomic E-state index is -0.391. The number of unbranched alkanes of at least 4 members (excludes halogenated alkanes) is 1. The number of amides is 2. The smallest absolute Gasteiger partial charge is 0.254 e. The van der Waals surface area contributed by atoms with Gasteiger partial charge in [-0.25, -0.2) is 4.57 Å². The van der Waals surface area contributed by atoms with Crippen LogP contribution in [0.2, 0.25) is 0 Å². The van der Waals surface area contributed by atoms with Crippen LogP contribution in [0.25, 0.3) is 0 Å². The predicted octanol–water partition coefficient (Wildman–Crippen LogP) is 3.20. The summed E-state index contributed by atoms with van der Waals surface area (Å²) >= 11 is 0. The van der Waals surface area contributed by atoms with Gasteiger partial charge in [-0.2, -0.15) is 0 Å². The van der Waals surface area contributed by atoms with E-state index in [1.807, 2.05) is 30.7 Å². The Morgan fingerprint density at radius 3 is 1.92 bits per heavy atom. The molecule has 0 unspecified atom stereocenters. The first-order chi connectivity index (χ1) is 18.4. The second-order valence-corrected chi connectivity index (χ2v) is 10.1. The summed E-state index contributed by atoms with van der Waals surface area (Å²) in [6.45, 7) is 18.5. The number of piperidine rings is 2. The molecular weight excluding hydrogens is 476 g/mol. The summed E-state index contributed by atoms with van der Waals surface area (Å²) in [5, 5.41) is 0. The Morgan fingerprint density at radius 1 is 0.947 bits per heavy atom. The Labute approximate surface area is 232 Å². The first-order valence-electron chi connectivity index (χ1n) is 14.8. The van der Waals surface area contributed by atoms with Crippen molar-refractivity contribution in [3.63, 3.8) is 0 Å². The molecule has 8 heteroatoms. The number of hydrogen-bond acceptors (Lipinski definition) is 5. The number of likely N-dealkylation sites (N-methyl/N-ethyl adjacent to an activating group) is 1. The number of nitrogens with two attached hydrogens (primary N) is 2.